The van der Waals surface area contributed by atoms with E-state index in [1.54, 1.807) is 21.3 Å². The SMILES string of the molecule is COc1cc(OC)c([C@H](C2CCC2)N2CCNCC2)c(OC)c1. The molecule has 0 spiro atoms. The van der Waals surface area contributed by atoms with Gasteiger partial charge >= 0.3 is 0 Å². The van der Waals surface area contributed by atoms with E-state index in [2.05, 4.69) is 10.2 Å². The molecule has 1 aromatic carbocycles. The van der Waals surface area contributed by atoms with E-state index in [1.807, 2.05) is 12.1 Å². The van der Waals surface area contributed by atoms with E-state index < -0.39 is 0 Å². The number of benzene rings is 1. The van der Waals surface area contributed by atoms with Crippen molar-refractivity contribution in [3.05, 3.63) is 17.7 Å². The molecule has 1 N–H and O–H groups in total. The highest BCUT2D eigenvalue weighted by Crippen LogP contribution is 2.48. The van der Waals surface area contributed by atoms with E-state index in [0.717, 1.165) is 43.4 Å². The van der Waals surface area contributed by atoms with Gasteiger partial charge in [0.15, 0.2) is 0 Å². The van der Waals surface area contributed by atoms with Gasteiger partial charge in [-0.15, -0.1) is 0 Å². The summed E-state index contributed by atoms with van der Waals surface area (Å²) in [4.78, 5) is 2.59. The predicted octanol–water partition coefficient (Wildman–Crippen LogP) is 2.46. The van der Waals surface area contributed by atoms with Crippen LogP contribution in [0.25, 0.3) is 0 Å². The minimum Gasteiger partial charge on any atom is -0.496 e. The fourth-order valence-corrected chi connectivity index (χ4v) is 3.76. The second kappa shape index (κ2) is 7.41. The summed E-state index contributed by atoms with van der Waals surface area (Å²) in [5, 5.41) is 3.45. The van der Waals surface area contributed by atoms with Gasteiger partial charge in [0.25, 0.3) is 0 Å². The maximum Gasteiger partial charge on any atom is 0.131 e. The zero-order chi connectivity index (χ0) is 16.2. The Morgan fingerprint density at radius 2 is 1.61 bits per heavy atom. The molecule has 0 amide bonds. The molecule has 2 aliphatic rings. The maximum absolute atomic E-state index is 5.72. The molecule has 3 rings (SSSR count). The van der Waals surface area contributed by atoms with Crippen molar-refractivity contribution in [3.63, 3.8) is 0 Å². The molecular weight excluding hydrogens is 292 g/mol. The average molecular weight is 320 g/mol. The van der Waals surface area contributed by atoms with Crippen molar-refractivity contribution < 1.29 is 14.2 Å². The van der Waals surface area contributed by atoms with Crippen LogP contribution in [-0.4, -0.2) is 52.4 Å². The molecule has 2 fully saturated rings. The summed E-state index contributed by atoms with van der Waals surface area (Å²) in [5.41, 5.74) is 1.18. The average Bonchev–Trinajstić information content (AvgIpc) is 2.57. The fraction of sp³-hybridized carbons (Fsp3) is 0.667. The molecule has 0 radical (unpaired) electrons. The number of hydrogen-bond donors (Lipinski definition) is 1. The van der Waals surface area contributed by atoms with Crippen LogP contribution in [0.2, 0.25) is 0 Å². The van der Waals surface area contributed by atoms with Crippen molar-refractivity contribution in [3.8, 4) is 17.2 Å². The lowest BCUT2D eigenvalue weighted by Crippen LogP contribution is -2.48. The minimum absolute atomic E-state index is 0.363. The molecule has 23 heavy (non-hydrogen) atoms. The lowest BCUT2D eigenvalue weighted by molar-refractivity contribution is 0.0798. The Morgan fingerprint density at radius 1 is 1.00 bits per heavy atom. The molecule has 1 aromatic rings. The van der Waals surface area contributed by atoms with Crippen LogP contribution >= 0.6 is 0 Å². The third-order valence-corrected chi connectivity index (χ3v) is 5.19. The fourth-order valence-electron chi connectivity index (χ4n) is 3.76. The van der Waals surface area contributed by atoms with Crippen molar-refractivity contribution >= 4 is 0 Å². The first-order valence-electron chi connectivity index (χ1n) is 8.53. The van der Waals surface area contributed by atoms with E-state index in [0.29, 0.717) is 12.0 Å². The Morgan fingerprint density at radius 3 is 2.04 bits per heavy atom. The summed E-state index contributed by atoms with van der Waals surface area (Å²) < 4.78 is 16.8. The number of rotatable bonds is 6. The Balaban J connectivity index is 2.03. The molecule has 1 atom stereocenters. The van der Waals surface area contributed by atoms with E-state index in [1.165, 1.54) is 24.8 Å². The van der Waals surface area contributed by atoms with E-state index >= 15 is 0 Å². The number of nitrogens with zero attached hydrogens (tertiary/aromatic N) is 1. The normalized spacial score (nSPS) is 20.7. The molecular formula is C18H28N2O3. The quantitative estimate of drug-likeness (QED) is 0.872. The van der Waals surface area contributed by atoms with Crippen LogP contribution in [0.3, 0.4) is 0 Å². The molecule has 1 saturated carbocycles. The van der Waals surface area contributed by atoms with Crippen LogP contribution in [0.1, 0.15) is 30.9 Å². The zero-order valence-corrected chi connectivity index (χ0v) is 14.4. The number of nitrogens with one attached hydrogen (secondary N) is 1. The first-order valence-corrected chi connectivity index (χ1v) is 8.53. The smallest absolute Gasteiger partial charge is 0.131 e. The Bertz CT molecular complexity index is 500. The summed E-state index contributed by atoms with van der Waals surface area (Å²) >= 11 is 0. The van der Waals surface area contributed by atoms with Gasteiger partial charge in [0, 0.05) is 44.4 Å². The summed E-state index contributed by atoms with van der Waals surface area (Å²) in [6.07, 6.45) is 3.90. The van der Waals surface area contributed by atoms with Crippen molar-refractivity contribution in [1.29, 1.82) is 0 Å². The van der Waals surface area contributed by atoms with E-state index in [9.17, 15) is 0 Å². The second-order valence-corrected chi connectivity index (χ2v) is 6.37. The van der Waals surface area contributed by atoms with Crippen molar-refractivity contribution in [1.82, 2.24) is 10.2 Å². The lowest BCUT2D eigenvalue weighted by Gasteiger charge is -2.44. The number of piperazine rings is 1. The van der Waals surface area contributed by atoms with Crippen LogP contribution in [0, 0.1) is 5.92 Å². The molecule has 128 valence electrons. The Kier molecular flexibility index (Phi) is 5.28. The number of hydrogen-bond acceptors (Lipinski definition) is 5. The van der Waals surface area contributed by atoms with Gasteiger partial charge in [-0.2, -0.15) is 0 Å². The van der Waals surface area contributed by atoms with Crippen molar-refractivity contribution in [2.24, 2.45) is 5.92 Å². The van der Waals surface area contributed by atoms with Gasteiger partial charge in [0.05, 0.1) is 26.9 Å². The molecule has 0 bridgehead atoms. The number of ether oxygens (including phenoxy) is 3. The van der Waals surface area contributed by atoms with Crippen LogP contribution < -0.4 is 19.5 Å². The molecule has 1 heterocycles. The van der Waals surface area contributed by atoms with Gasteiger partial charge in [-0.05, 0) is 18.8 Å². The molecule has 5 nitrogen and oxygen atoms in total. The van der Waals surface area contributed by atoms with Crippen LogP contribution in [0.15, 0.2) is 12.1 Å². The van der Waals surface area contributed by atoms with Gasteiger partial charge in [-0.3, -0.25) is 4.90 Å². The van der Waals surface area contributed by atoms with Gasteiger partial charge in [0.2, 0.25) is 0 Å². The number of methoxy groups -OCH3 is 3. The van der Waals surface area contributed by atoms with Crippen LogP contribution in [0.5, 0.6) is 17.2 Å². The Labute approximate surface area is 138 Å². The lowest BCUT2D eigenvalue weighted by atomic mass is 9.75. The van der Waals surface area contributed by atoms with Gasteiger partial charge in [-0.25, -0.2) is 0 Å². The standard InChI is InChI=1S/C18H28N2O3/c1-21-14-11-15(22-2)17(16(12-14)23-3)18(13-5-4-6-13)20-9-7-19-8-10-20/h11-13,18-19H,4-10H2,1-3H3/t18-/m0/s1. The zero-order valence-electron chi connectivity index (χ0n) is 14.4. The molecule has 5 heteroatoms. The highest BCUT2D eigenvalue weighted by atomic mass is 16.5. The molecule has 0 aromatic heterocycles. The van der Waals surface area contributed by atoms with Crippen molar-refractivity contribution in [2.45, 2.75) is 25.3 Å². The minimum atomic E-state index is 0.363. The topological polar surface area (TPSA) is 43.0 Å². The molecule has 1 saturated heterocycles. The first-order chi connectivity index (χ1) is 11.3. The summed E-state index contributed by atoms with van der Waals surface area (Å²) in [7, 11) is 5.13. The van der Waals surface area contributed by atoms with Crippen molar-refractivity contribution in [2.75, 3.05) is 47.5 Å². The monoisotopic (exact) mass is 320 g/mol. The summed E-state index contributed by atoms with van der Waals surface area (Å²) in [5.74, 6) is 3.20. The van der Waals surface area contributed by atoms with E-state index in [4.69, 9.17) is 14.2 Å². The van der Waals surface area contributed by atoms with Gasteiger partial charge in [-0.1, -0.05) is 6.42 Å². The molecule has 0 unspecified atom stereocenters. The predicted molar refractivity (Wildman–Crippen MR) is 90.6 cm³/mol. The van der Waals surface area contributed by atoms with Gasteiger partial charge < -0.3 is 19.5 Å². The third-order valence-electron chi connectivity index (χ3n) is 5.19. The molecule has 1 aliphatic heterocycles. The van der Waals surface area contributed by atoms with Crippen LogP contribution in [-0.2, 0) is 0 Å². The largest absolute Gasteiger partial charge is 0.496 e. The third kappa shape index (κ3) is 3.26. The highest BCUT2D eigenvalue weighted by molar-refractivity contribution is 5.52. The summed E-state index contributed by atoms with van der Waals surface area (Å²) in [6, 6.07) is 4.32. The maximum atomic E-state index is 5.72. The summed E-state index contributed by atoms with van der Waals surface area (Å²) in [6.45, 7) is 4.23. The van der Waals surface area contributed by atoms with Crippen LogP contribution in [0.4, 0.5) is 0 Å². The second-order valence-electron chi connectivity index (χ2n) is 6.37. The Hall–Kier alpha value is -1.46. The highest BCUT2D eigenvalue weighted by Gasteiger charge is 2.37. The molecule has 1 aliphatic carbocycles. The van der Waals surface area contributed by atoms with E-state index in [-0.39, 0.29) is 0 Å². The van der Waals surface area contributed by atoms with Gasteiger partial charge in [0.1, 0.15) is 17.2 Å². The first kappa shape index (κ1) is 16.4.